The van der Waals surface area contributed by atoms with Gasteiger partial charge in [-0.15, -0.1) is 11.3 Å². The summed E-state index contributed by atoms with van der Waals surface area (Å²) < 4.78 is 0. The van der Waals surface area contributed by atoms with Gasteiger partial charge in [-0.3, -0.25) is 9.59 Å². The van der Waals surface area contributed by atoms with Crippen LogP contribution in [0.2, 0.25) is 0 Å². The Hall–Kier alpha value is -2.18. The third kappa shape index (κ3) is 3.32. The lowest BCUT2D eigenvalue weighted by molar-refractivity contribution is 0.0622. The van der Waals surface area contributed by atoms with E-state index in [0.29, 0.717) is 11.5 Å². The maximum atomic E-state index is 12.6. The van der Waals surface area contributed by atoms with Gasteiger partial charge in [0.05, 0.1) is 4.88 Å². The van der Waals surface area contributed by atoms with Crippen LogP contribution in [-0.4, -0.2) is 42.4 Å². The van der Waals surface area contributed by atoms with Crippen molar-refractivity contribution in [3.63, 3.8) is 0 Å². The SMILES string of the molecule is NC(=O)c1ccc(-c2ccc(C(=O)NC3CN4CCC3CC4)s2)cc1. The number of primary amides is 1. The normalized spacial score (nSPS) is 24.9. The fourth-order valence-electron chi connectivity index (χ4n) is 3.78. The Labute approximate surface area is 150 Å². The molecule has 0 aliphatic carbocycles. The lowest BCUT2D eigenvalue weighted by Crippen LogP contribution is -2.57. The van der Waals surface area contributed by atoms with E-state index in [4.69, 9.17) is 5.73 Å². The number of benzene rings is 1. The van der Waals surface area contributed by atoms with E-state index in [2.05, 4.69) is 10.2 Å². The first-order valence-electron chi connectivity index (χ1n) is 8.63. The van der Waals surface area contributed by atoms with Crippen molar-refractivity contribution in [2.75, 3.05) is 19.6 Å². The molecule has 2 amide bonds. The lowest BCUT2D eigenvalue weighted by atomic mass is 9.84. The monoisotopic (exact) mass is 355 g/mol. The van der Waals surface area contributed by atoms with Gasteiger partial charge in [-0.1, -0.05) is 12.1 Å². The fraction of sp³-hybridized carbons (Fsp3) is 0.368. The van der Waals surface area contributed by atoms with Crippen LogP contribution in [0.3, 0.4) is 0 Å². The molecule has 0 saturated carbocycles. The Morgan fingerprint density at radius 2 is 1.80 bits per heavy atom. The highest BCUT2D eigenvalue weighted by atomic mass is 32.1. The van der Waals surface area contributed by atoms with Gasteiger partial charge >= 0.3 is 0 Å². The minimum absolute atomic E-state index is 0.0174. The third-order valence-electron chi connectivity index (χ3n) is 5.26. The van der Waals surface area contributed by atoms with E-state index >= 15 is 0 Å². The number of thiophene rings is 1. The summed E-state index contributed by atoms with van der Waals surface area (Å²) in [4.78, 5) is 27.9. The molecule has 0 spiro atoms. The van der Waals surface area contributed by atoms with Crippen LogP contribution in [0.4, 0.5) is 0 Å². The molecule has 3 aliphatic rings. The number of carbonyl (C=O) groups is 2. The maximum absolute atomic E-state index is 12.6. The summed E-state index contributed by atoms with van der Waals surface area (Å²) in [5.41, 5.74) is 6.74. The Kier molecular flexibility index (Phi) is 4.31. The molecule has 2 bridgehead atoms. The molecule has 0 radical (unpaired) electrons. The number of nitrogens with zero attached hydrogens (tertiary/aromatic N) is 1. The quantitative estimate of drug-likeness (QED) is 0.884. The van der Waals surface area contributed by atoms with Crippen LogP contribution in [-0.2, 0) is 0 Å². The van der Waals surface area contributed by atoms with Crippen molar-refractivity contribution in [1.29, 1.82) is 0 Å². The van der Waals surface area contributed by atoms with Gasteiger partial charge in [0.2, 0.25) is 5.91 Å². The Morgan fingerprint density at radius 1 is 1.08 bits per heavy atom. The van der Waals surface area contributed by atoms with Crippen LogP contribution < -0.4 is 11.1 Å². The number of hydrogen-bond acceptors (Lipinski definition) is 4. The van der Waals surface area contributed by atoms with Gasteiger partial charge in [0, 0.05) is 23.0 Å². The number of hydrogen-bond donors (Lipinski definition) is 2. The topological polar surface area (TPSA) is 75.4 Å². The van der Waals surface area contributed by atoms with Crippen LogP contribution in [0.5, 0.6) is 0 Å². The lowest BCUT2D eigenvalue weighted by Gasteiger charge is -2.44. The van der Waals surface area contributed by atoms with Crippen molar-refractivity contribution in [2.45, 2.75) is 18.9 Å². The van der Waals surface area contributed by atoms with Crippen molar-refractivity contribution < 1.29 is 9.59 Å². The predicted molar refractivity (Wildman–Crippen MR) is 98.7 cm³/mol. The van der Waals surface area contributed by atoms with Gasteiger partial charge in [-0.2, -0.15) is 0 Å². The minimum Gasteiger partial charge on any atom is -0.366 e. The van der Waals surface area contributed by atoms with Crippen molar-refractivity contribution in [3.05, 3.63) is 46.8 Å². The zero-order chi connectivity index (χ0) is 17.4. The van der Waals surface area contributed by atoms with E-state index in [0.717, 1.165) is 21.9 Å². The second-order valence-electron chi connectivity index (χ2n) is 6.82. The average molecular weight is 355 g/mol. The van der Waals surface area contributed by atoms with Gasteiger partial charge in [-0.05, 0) is 61.7 Å². The van der Waals surface area contributed by atoms with Gasteiger partial charge in [0.15, 0.2) is 0 Å². The molecule has 1 aromatic carbocycles. The molecule has 25 heavy (non-hydrogen) atoms. The number of amides is 2. The third-order valence-corrected chi connectivity index (χ3v) is 6.39. The Morgan fingerprint density at radius 3 is 2.40 bits per heavy atom. The Balaban J connectivity index is 1.45. The Bertz CT molecular complexity index is 791. The van der Waals surface area contributed by atoms with E-state index in [9.17, 15) is 9.59 Å². The summed E-state index contributed by atoms with van der Waals surface area (Å²) >= 11 is 1.48. The summed E-state index contributed by atoms with van der Waals surface area (Å²) in [6.07, 6.45) is 2.37. The molecular formula is C19H21N3O2S. The number of rotatable bonds is 4. The molecule has 2 aromatic rings. The molecule has 1 aromatic heterocycles. The second-order valence-corrected chi connectivity index (χ2v) is 7.91. The molecule has 4 heterocycles. The van der Waals surface area contributed by atoms with E-state index in [1.54, 1.807) is 12.1 Å². The van der Waals surface area contributed by atoms with E-state index < -0.39 is 5.91 Å². The zero-order valence-electron chi connectivity index (χ0n) is 13.9. The maximum Gasteiger partial charge on any atom is 0.261 e. The zero-order valence-corrected chi connectivity index (χ0v) is 14.7. The van der Waals surface area contributed by atoms with Gasteiger partial charge in [0.25, 0.3) is 5.91 Å². The number of carbonyl (C=O) groups excluding carboxylic acids is 2. The van der Waals surface area contributed by atoms with Gasteiger partial charge in [0.1, 0.15) is 0 Å². The largest absolute Gasteiger partial charge is 0.366 e. The molecule has 5 rings (SSSR count). The first-order chi connectivity index (χ1) is 12.1. The van der Waals surface area contributed by atoms with Crippen LogP contribution >= 0.6 is 11.3 Å². The number of nitrogens with one attached hydrogen (secondary N) is 1. The highest BCUT2D eigenvalue weighted by molar-refractivity contribution is 7.17. The molecule has 5 nitrogen and oxygen atoms in total. The number of nitrogens with two attached hydrogens (primary N) is 1. The van der Waals surface area contributed by atoms with Crippen molar-refractivity contribution in [3.8, 4) is 10.4 Å². The molecule has 3 fully saturated rings. The first-order valence-corrected chi connectivity index (χ1v) is 9.45. The predicted octanol–water partition coefficient (Wildman–Crippen LogP) is 2.34. The number of fused-ring (bicyclic) bond motifs is 3. The molecule has 6 heteroatoms. The molecule has 1 unspecified atom stereocenters. The van der Waals surface area contributed by atoms with Gasteiger partial charge < -0.3 is 16.0 Å². The number of piperidine rings is 3. The highest BCUT2D eigenvalue weighted by Gasteiger charge is 2.35. The molecule has 3 saturated heterocycles. The molecule has 130 valence electrons. The summed E-state index contributed by atoms with van der Waals surface area (Å²) in [6.45, 7) is 3.31. The van der Waals surface area contributed by atoms with Crippen LogP contribution in [0, 0.1) is 5.92 Å². The smallest absolute Gasteiger partial charge is 0.261 e. The fourth-order valence-corrected chi connectivity index (χ4v) is 4.70. The van der Waals surface area contributed by atoms with Gasteiger partial charge in [-0.25, -0.2) is 0 Å². The molecular weight excluding hydrogens is 334 g/mol. The summed E-state index contributed by atoms with van der Waals surface area (Å²) in [5.74, 6) is 0.203. The van der Waals surface area contributed by atoms with Crippen LogP contribution in [0.15, 0.2) is 36.4 Å². The molecule has 3 aliphatic heterocycles. The highest BCUT2D eigenvalue weighted by Crippen LogP contribution is 2.30. The summed E-state index contributed by atoms with van der Waals surface area (Å²) in [6, 6.07) is 11.3. The van der Waals surface area contributed by atoms with E-state index in [1.165, 1.54) is 37.3 Å². The average Bonchev–Trinajstić information content (AvgIpc) is 3.13. The summed E-state index contributed by atoms with van der Waals surface area (Å²) in [7, 11) is 0. The van der Waals surface area contributed by atoms with Crippen molar-refractivity contribution >= 4 is 23.2 Å². The van der Waals surface area contributed by atoms with Crippen molar-refractivity contribution in [1.82, 2.24) is 10.2 Å². The molecule has 1 atom stereocenters. The minimum atomic E-state index is -0.435. The first kappa shape index (κ1) is 16.3. The van der Waals surface area contributed by atoms with E-state index in [1.807, 2.05) is 24.3 Å². The van der Waals surface area contributed by atoms with E-state index in [-0.39, 0.29) is 11.9 Å². The van der Waals surface area contributed by atoms with Crippen molar-refractivity contribution in [2.24, 2.45) is 11.7 Å². The van der Waals surface area contributed by atoms with Crippen LogP contribution in [0.1, 0.15) is 32.9 Å². The molecule has 3 N–H and O–H groups in total. The second kappa shape index (κ2) is 6.61. The summed E-state index contributed by atoms with van der Waals surface area (Å²) in [5, 5.41) is 3.22. The van der Waals surface area contributed by atoms with Crippen LogP contribution in [0.25, 0.3) is 10.4 Å². The standard InChI is InChI=1S/C19H21N3O2S/c20-18(23)14-3-1-13(2-4-14)16-5-6-17(25-16)19(24)21-15-11-22-9-7-12(15)8-10-22/h1-6,12,15H,7-11H2,(H2,20,23)(H,21,24).